The molecule has 1 N–H and O–H groups in total. The monoisotopic (exact) mass is 207 g/mol. The van der Waals surface area contributed by atoms with Crippen molar-refractivity contribution in [1.82, 2.24) is 0 Å². The fourth-order valence-corrected chi connectivity index (χ4v) is 1.33. The van der Waals surface area contributed by atoms with Crippen LogP contribution in [0.15, 0.2) is 23.4 Å². The van der Waals surface area contributed by atoms with Crippen LogP contribution in [-0.4, -0.2) is 17.0 Å². The van der Waals surface area contributed by atoms with Crippen molar-refractivity contribution in [2.75, 3.05) is 0 Å². The van der Waals surface area contributed by atoms with E-state index in [1.807, 2.05) is 39.0 Å². The van der Waals surface area contributed by atoms with Crippen LogP contribution in [0.4, 0.5) is 0 Å². The Kier molecular flexibility index (Phi) is 3.72. The van der Waals surface area contributed by atoms with Crippen molar-refractivity contribution in [1.29, 1.82) is 0 Å². The van der Waals surface area contributed by atoms with E-state index in [4.69, 9.17) is 9.94 Å². The Hall–Kier alpha value is -1.51. The Morgan fingerprint density at radius 1 is 1.40 bits per heavy atom. The molecule has 1 rings (SSSR count). The molecule has 0 fully saturated rings. The van der Waals surface area contributed by atoms with Crippen LogP contribution in [0.25, 0.3) is 0 Å². The van der Waals surface area contributed by atoms with Gasteiger partial charge >= 0.3 is 0 Å². The molecule has 0 bridgehead atoms. The molecule has 0 aliphatic heterocycles. The largest absolute Gasteiger partial charge is 0.490 e. The number of oxime groups is 1. The molecule has 0 saturated carbocycles. The number of benzene rings is 1. The molecule has 0 atom stereocenters. The van der Waals surface area contributed by atoms with Crippen LogP contribution in [0.5, 0.6) is 5.75 Å². The highest BCUT2D eigenvalue weighted by Gasteiger charge is 2.08. The summed E-state index contributed by atoms with van der Waals surface area (Å²) < 4.78 is 5.66. The van der Waals surface area contributed by atoms with E-state index < -0.39 is 0 Å². The fourth-order valence-electron chi connectivity index (χ4n) is 1.33. The third kappa shape index (κ3) is 2.98. The van der Waals surface area contributed by atoms with Crippen LogP contribution in [0, 0.1) is 6.92 Å². The van der Waals surface area contributed by atoms with E-state index in [-0.39, 0.29) is 6.10 Å². The summed E-state index contributed by atoms with van der Waals surface area (Å²) in [5, 5.41) is 11.9. The summed E-state index contributed by atoms with van der Waals surface area (Å²) in [6, 6.07) is 5.82. The first-order chi connectivity index (χ1) is 7.04. The second-order valence-electron chi connectivity index (χ2n) is 3.85. The molecule has 3 heteroatoms. The number of ether oxygens (including phenoxy) is 1. The lowest BCUT2D eigenvalue weighted by Gasteiger charge is -2.14. The molecule has 0 saturated heterocycles. The fraction of sp³-hybridized carbons (Fsp3) is 0.417. The summed E-state index contributed by atoms with van der Waals surface area (Å²) >= 11 is 0. The number of rotatable bonds is 3. The molecule has 0 unspecified atom stereocenters. The van der Waals surface area contributed by atoms with E-state index >= 15 is 0 Å². The predicted octanol–water partition coefficient (Wildman–Crippen LogP) is 2.98. The lowest BCUT2D eigenvalue weighted by molar-refractivity contribution is 0.241. The van der Waals surface area contributed by atoms with Gasteiger partial charge in [0, 0.05) is 5.56 Å². The minimum atomic E-state index is 0.108. The van der Waals surface area contributed by atoms with Crippen molar-refractivity contribution in [3.63, 3.8) is 0 Å². The van der Waals surface area contributed by atoms with Crippen molar-refractivity contribution in [3.05, 3.63) is 29.3 Å². The topological polar surface area (TPSA) is 41.8 Å². The summed E-state index contributed by atoms with van der Waals surface area (Å²) in [6.07, 6.45) is 0.108. The van der Waals surface area contributed by atoms with Gasteiger partial charge in [0.1, 0.15) is 5.75 Å². The third-order valence-electron chi connectivity index (χ3n) is 2.04. The van der Waals surface area contributed by atoms with Crippen molar-refractivity contribution in [3.8, 4) is 5.75 Å². The zero-order valence-electron chi connectivity index (χ0n) is 9.61. The standard InChI is InChI=1S/C12H17NO2/c1-8(2)15-12-7-9(3)5-6-11(12)10(4)13-14/h5-8,14H,1-4H3. The molecule has 0 aliphatic rings. The van der Waals surface area contributed by atoms with Crippen LogP contribution < -0.4 is 4.74 Å². The Morgan fingerprint density at radius 2 is 2.07 bits per heavy atom. The van der Waals surface area contributed by atoms with Crippen LogP contribution in [0.3, 0.4) is 0 Å². The highest BCUT2D eigenvalue weighted by Crippen LogP contribution is 2.22. The number of hydrogen-bond donors (Lipinski definition) is 1. The zero-order chi connectivity index (χ0) is 11.4. The Balaban J connectivity index is 3.14. The van der Waals surface area contributed by atoms with E-state index in [0.29, 0.717) is 5.71 Å². The minimum Gasteiger partial charge on any atom is -0.490 e. The first kappa shape index (κ1) is 11.6. The molecule has 0 aliphatic carbocycles. The molecule has 0 heterocycles. The van der Waals surface area contributed by atoms with Gasteiger partial charge in [-0.15, -0.1) is 0 Å². The van der Waals surface area contributed by atoms with Gasteiger partial charge in [-0.3, -0.25) is 0 Å². The molecule has 0 aromatic heterocycles. The molecule has 1 aromatic carbocycles. The zero-order valence-corrected chi connectivity index (χ0v) is 9.61. The number of aryl methyl sites for hydroxylation is 1. The van der Waals surface area contributed by atoms with Gasteiger partial charge in [-0.25, -0.2) is 0 Å². The Morgan fingerprint density at radius 3 is 2.60 bits per heavy atom. The van der Waals surface area contributed by atoms with Crippen molar-refractivity contribution < 1.29 is 9.94 Å². The smallest absolute Gasteiger partial charge is 0.129 e. The van der Waals surface area contributed by atoms with Gasteiger partial charge in [0.05, 0.1) is 11.8 Å². The van der Waals surface area contributed by atoms with Crippen LogP contribution in [0.2, 0.25) is 0 Å². The highest BCUT2D eigenvalue weighted by molar-refractivity contribution is 6.00. The predicted molar refractivity (Wildman–Crippen MR) is 60.9 cm³/mol. The Labute approximate surface area is 90.4 Å². The minimum absolute atomic E-state index is 0.108. The maximum Gasteiger partial charge on any atom is 0.129 e. The number of nitrogens with zero attached hydrogens (tertiary/aromatic N) is 1. The lowest BCUT2D eigenvalue weighted by Crippen LogP contribution is -2.09. The first-order valence-electron chi connectivity index (χ1n) is 5.01. The second-order valence-corrected chi connectivity index (χ2v) is 3.85. The Bertz CT molecular complexity index is 370. The highest BCUT2D eigenvalue weighted by atomic mass is 16.5. The molecule has 1 aromatic rings. The van der Waals surface area contributed by atoms with Crippen LogP contribution >= 0.6 is 0 Å². The van der Waals surface area contributed by atoms with Crippen LogP contribution in [-0.2, 0) is 0 Å². The van der Waals surface area contributed by atoms with Gasteiger partial charge in [0.25, 0.3) is 0 Å². The van der Waals surface area contributed by atoms with Gasteiger partial charge in [-0.1, -0.05) is 11.2 Å². The number of hydrogen-bond acceptors (Lipinski definition) is 3. The van der Waals surface area contributed by atoms with Gasteiger partial charge in [0.15, 0.2) is 0 Å². The van der Waals surface area contributed by atoms with E-state index in [1.54, 1.807) is 6.92 Å². The summed E-state index contributed by atoms with van der Waals surface area (Å²) in [4.78, 5) is 0. The normalized spacial score (nSPS) is 11.9. The van der Waals surface area contributed by atoms with Gasteiger partial charge in [-0.05, 0) is 45.4 Å². The summed E-state index contributed by atoms with van der Waals surface area (Å²) in [6.45, 7) is 7.69. The van der Waals surface area contributed by atoms with Gasteiger partial charge in [0.2, 0.25) is 0 Å². The summed E-state index contributed by atoms with van der Waals surface area (Å²) in [5.41, 5.74) is 2.52. The van der Waals surface area contributed by atoms with Crippen LogP contribution in [0.1, 0.15) is 31.9 Å². The maximum absolute atomic E-state index is 8.75. The molecular formula is C12H17NO2. The molecule has 0 amide bonds. The van der Waals surface area contributed by atoms with Crippen molar-refractivity contribution in [2.45, 2.75) is 33.8 Å². The van der Waals surface area contributed by atoms with E-state index in [9.17, 15) is 0 Å². The first-order valence-corrected chi connectivity index (χ1v) is 5.01. The molecule has 3 nitrogen and oxygen atoms in total. The van der Waals surface area contributed by atoms with Crippen molar-refractivity contribution in [2.24, 2.45) is 5.16 Å². The molecule has 0 spiro atoms. The third-order valence-corrected chi connectivity index (χ3v) is 2.04. The van der Waals surface area contributed by atoms with Crippen molar-refractivity contribution >= 4 is 5.71 Å². The second kappa shape index (κ2) is 4.82. The average molecular weight is 207 g/mol. The van der Waals surface area contributed by atoms with Gasteiger partial charge < -0.3 is 9.94 Å². The molecule has 82 valence electrons. The average Bonchev–Trinajstić information content (AvgIpc) is 2.16. The molecule has 0 radical (unpaired) electrons. The molecular weight excluding hydrogens is 190 g/mol. The summed E-state index contributed by atoms with van der Waals surface area (Å²) in [5.74, 6) is 0.764. The van der Waals surface area contributed by atoms with E-state index in [1.165, 1.54) is 0 Å². The SMILES string of the molecule is CC(=NO)c1ccc(C)cc1OC(C)C. The van der Waals surface area contributed by atoms with Gasteiger partial charge in [-0.2, -0.15) is 0 Å². The van der Waals surface area contributed by atoms with E-state index in [2.05, 4.69) is 5.16 Å². The lowest BCUT2D eigenvalue weighted by atomic mass is 10.1. The van der Waals surface area contributed by atoms with E-state index in [0.717, 1.165) is 16.9 Å². The summed E-state index contributed by atoms with van der Waals surface area (Å²) in [7, 11) is 0. The maximum atomic E-state index is 8.75. The molecule has 15 heavy (non-hydrogen) atoms. The quantitative estimate of drug-likeness (QED) is 0.470.